The van der Waals surface area contributed by atoms with Crippen LogP contribution in [0.2, 0.25) is 0 Å². The van der Waals surface area contributed by atoms with E-state index in [1.165, 1.54) is 4.90 Å². The van der Waals surface area contributed by atoms with E-state index in [1.807, 2.05) is 73.0 Å². The topological polar surface area (TPSA) is 41.1 Å². The zero-order valence-corrected chi connectivity index (χ0v) is 14.8. The molecule has 3 nitrogen and oxygen atoms in total. The fourth-order valence-electron chi connectivity index (χ4n) is 2.49. The van der Waals surface area contributed by atoms with E-state index < -0.39 is 0 Å². The zero-order valence-electron chi connectivity index (χ0n) is 14.0. The van der Waals surface area contributed by atoms with Crippen molar-refractivity contribution in [3.05, 3.63) is 90.0 Å². The highest BCUT2D eigenvalue weighted by Crippen LogP contribution is 2.21. The second-order valence-corrected chi connectivity index (χ2v) is 6.45. The molecule has 0 unspecified atom stereocenters. The van der Waals surface area contributed by atoms with Crippen molar-refractivity contribution in [1.29, 1.82) is 0 Å². The first-order chi connectivity index (χ1) is 12.3. The predicted octanol–water partition coefficient (Wildman–Crippen LogP) is 5.08. The van der Waals surface area contributed by atoms with E-state index in [-0.39, 0.29) is 5.91 Å². The van der Waals surface area contributed by atoms with Crippen LogP contribution in [0.5, 0.6) is 0 Å². The average Bonchev–Trinajstić information content (AvgIpc) is 2.68. The maximum Gasteiger partial charge on any atom is 0.253 e. The van der Waals surface area contributed by atoms with Crippen LogP contribution < -0.4 is 10.6 Å². The molecule has 0 atom stereocenters. The number of benzene rings is 3. The Labute approximate surface area is 152 Å². The number of anilines is 2. The van der Waals surface area contributed by atoms with Crippen molar-refractivity contribution < 1.29 is 4.79 Å². The highest BCUT2D eigenvalue weighted by Gasteiger charge is 2.10. The third-order valence-electron chi connectivity index (χ3n) is 3.84. The number of rotatable bonds is 6. The van der Waals surface area contributed by atoms with Gasteiger partial charge in [0.05, 0.1) is 11.3 Å². The first kappa shape index (κ1) is 17.1. The van der Waals surface area contributed by atoms with Crippen molar-refractivity contribution in [1.82, 2.24) is 5.32 Å². The molecule has 0 aromatic heterocycles. The molecule has 3 aromatic rings. The van der Waals surface area contributed by atoms with Crippen LogP contribution in [0.4, 0.5) is 11.4 Å². The molecular weight excluding hydrogens is 328 g/mol. The van der Waals surface area contributed by atoms with Crippen molar-refractivity contribution in [2.75, 3.05) is 11.6 Å². The van der Waals surface area contributed by atoms with E-state index in [4.69, 9.17) is 0 Å². The average molecular weight is 348 g/mol. The molecule has 0 aliphatic rings. The normalized spacial score (nSPS) is 10.3. The Bertz CT molecular complexity index is 832. The van der Waals surface area contributed by atoms with Gasteiger partial charge in [0.1, 0.15) is 0 Å². The monoisotopic (exact) mass is 348 g/mol. The number of para-hydroxylation sites is 2. The molecule has 0 saturated carbocycles. The minimum atomic E-state index is -0.0898. The lowest BCUT2D eigenvalue weighted by atomic mass is 10.1. The van der Waals surface area contributed by atoms with Gasteiger partial charge in [-0.15, -0.1) is 11.8 Å². The van der Waals surface area contributed by atoms with Crippen molar-refractivity contribution in [2.24, 2.45) is 0 Å². The lowest BCUT2D eigenvalue weighted by molar-refractivity contribution is 0.0952. The molecule has 0 aliphatic heterocycles. The molecule has 0 spiro atoms. The van der Waals surface area contributed by atoms with Gasteiger partial charge in [0.25, 0.3) is 5.91 Å². The number of amides is 1. The molecule has 1 amide bonds. The molecule has 0 fully saturated rings. The van der Waals surface area contributed by atoms with E-state index >= 15 is 0 Å². The number of carbonyl (C=O) groups excluding carboxylic acids is 1. The van der Waals surface area contributed by atoms with E-state index in [1.54, 1.807) is 11.8 Å². The predicted molar refractivity (Wildman–Crippen MR) is 106 cm³/mol. The van der Waals surface area contributed by atoms with Crippen molar-refractivity contribution in [3.8, 4) is 0 Å². The summed E-state index contributed by atoms with van der Waals surface area (Å²) in [5, 5.41) is 6.30. The van der Waals surface area contributed by atoms with Gasteiger partial charge in [-0.3, -0.25) is 4.79 Å². The van der Waals surface area contributed by atoms with Crippen LogP contribution in [0, 0.1) is 0 Å². The summed E-state index contributed by atoms with van der Waals surface area (Å²) in [6.07, 6.45) is 2.05. The minimum Gasteiger partial charge on any atom is -0.355 e. The highest BCUT2D eigenvalue weighted by atomic mass is 32.2. The van der Waals surface area contributed by atoms with Crippen LogP contribution in [0.25, 0.3) is 0 Å². The van der Waals surface area contributed by atoms with Gasteiger partial charge in [0, 0.05) is 17.1 Å². The first-order valence-electron chi connectivity index (χ1n) is 8.08. The van der Waals surface area contributed by atoms with Crippen molar-refractivity contribution >= 4 is 29.0 Å². The van der Waals surface area contributed by atoms with E-state index in [9.17, 15) is 4.79 Å². The van der Waals surface area contributed by atoms with Gasteiger partial charge >= 0.3 is 0 Å². The summed E-state index contributed by atoms with van der Waals surface area (Å²) in [6.45, 7) is 0.507. The molecule has 0 saturated heterocycles. The molecule has 4 heteroatoms. The summed E-state index contributed by atoms with van der Waals surface area (Å²) >= 11 is 1.71. The Kier molecular flexibility index (Phi) is 5.75. The summed E-state index contributed by atoms with van der Waals surface area (Å²) < 4.78 is 0. The van der Waals surface area contributed by atoms with Gasteiger partial charge in [-0.1, -0.05) is 42.5 Å². The molecule has 2 N–H and O–H groups in total. The summed E-state index contributed by atoms with van der Waals surface area (Å²) in [5.41, 5.74) is 3.46. The number of hydrogen-bond donors (Lipinski definition) is 2. The van der Waals surface area contributed by atoms with Gasteiger partial charge in [0.2, 0.25) is 0 Å². The smallest absolute Gasteiger partial charge is 0.253 e. The number of carbonyl (C=O) groups is 1. The minimum absolute atomic E-state index is 0.0898. The number of thioether (sulfide) groups is 1. The van der Waals surface area contributed by atoms with Crippen LogP contribution in [0.15, 0.2) is 83.8 Å². The molecule has 0 radical (unpaired) electrons. The van der Waals surface area contributed by atoms with Crippen LogP contribution in [-0.2, 0) is 6.54 Å². The number of nitrogens with one attached hydrogen (secondary N) is 2. The zero-order chi connectivity index (χ0) is 17.5. The molecule has 0 bridgehead atoms. The fraction of sp³-hybridized carbons (Fsp3) is 0.0952. The third kappa shape index (κ3) is 4.64. The van der Waals surface area contributed by atoms with E-state index in [0.717, 1.165) is 16.9 Å². The molecule has 3 rings (SSSR count). The molecular formula is C21H20N2OS. The Balaban J connectivity index is 1.69. The highest BCUT2D eigenvalue weighted by molar-refractivity contribution is 7.98. The van der Waals surface area contributed by atoms with Crippen molar-refractivity contribution in [2.45, 2.75) is 11.4 Å². The van der Waals surface area contributed by atoms with Crippen LogP contribution in [0.3, 0.4) is 0 Å². The molecule has 0 aliphatic carbocycles. The second-order valence-electron chi connectivity index (χ2n) is 5.57. The summed E-state index contributed by atoms with van der Waals surface area (Å²) in [6, 6.07) is 25.6. The fourth-order valence-corrected chi connectivity index (χ4v) is 2.90. The van der Waals surface area contributed by atoms with Crippen molar-refractivity contribution in [3.63, 3.8) is 0 Å². The van der Waals surface area contributed by atoms with Gasteiger partial charge < -0.3 is 10.6 Å². The Morgan fingerprint density at radius 3 is 2.28 bits per heavy atom. The maximum absolute atomic E-state index is 12.6. The largest absolute Gasteiger partial charge is 0.355 e. The van der Waals surface area contributed by atoms with E-state index in [2.05, 4.69) is 22.8 Å². The lowest BCUT2D eigenvalue weighted by Gasteiger charge is -2.12. The Hall–Kier alpha value is -2.72. The number of hydrogen-bond acceptors (Lipinski definition) is 3. The summed E-state index contributed by atoms with van der Waals surface area (Å²) in [7, 11) is 0. The first-order valence-corrected chi connectivity index (χ1v) is 9.31. The van der Waals surface area contributed by atoms with Crippen LogP contribution in [-0.4, -0.2) is 12.2 Å². The molecule has 126 valence electrons. The Morgan fingerprint density at radius 1 is 0.880 bits per heavy atom. The van der Waals surface area contributed by atoms with Gasteiger partial charge in [0.15, 0.2) is 0 Å². The molecule has 25 heavy (non-hydrogen) atoms. The SMILES string of the molecule is CSc1ccc(CNC(=O)c2ccccc2Nc2ccccc2)cc1. The maximum atomic E-state index is 12.6. The summed E-state index contributed by atoms with van der Waals surface area (Å²) in [5.74, 6) is -0.0898. The van der Waals surface area contributed by atoms with Crippen LogP contribution in [0.1, 0.15) is 15.9 Å². The lowest BCUT2D eigenvalue weighted by Crippen LogP contribution is -2.23. The van der Waals surface area contributed by atoms with Gasteiger partial charge in [-0.05, 0) is 48.2 Å². The summed E-state index contributed by atoms with van der Waals surface area (Å²) in [4.78, 5) is 13.8. The van der Waals surface area contributed by atoms with Gasteiger partial charge in [-0.2, -0.15) is 0 Å². The quantitative estimate of drug-likeness (QED) is 0.610. The van der Waals surface area contributed by atoms with Gasteiger partial charge in [-0.25, -0.2) is 0 Å². The standard InChI is InChI=1S/C21H20N2OS/c1-25-18-13-11-16(12-14-18)15-22-21(24)19-9-5-6-10-20(19)23-17-7-3-2-4-8-17/h2-14,23H,15H2,1H3,(H,22,24). The molecule has 3 aromatic carbocycles. The van der Waals surface area contributed by atoms with Crippen LogP contribution >= 0.6 is 11.8 Å². The third-order valence-corrected chi connectivity index (χ3v) is 4.58. The van der Waals surface area contributed by atoms with E-state index in [0.29, 0.717) is 12.1 Å². The molecule has 0 heterocycles. The Morgan fingerprint density at radius 2 is 1.56 bits per heavy atom. The second kappa shape index (κ2) is 8.40.